The zero-order valence-corrected chi connectivity index (χ0v) is 17.3. The number of carbonyl (C=O) groups is 1. The quantitative estimate of drug-likeness (QED) is 0.669. The van der Waals surface area contributed by atoms with E-state index in [-0.39, 0.29) is 5.41 Å². The highest BCUT2D eigenvalue weighted by Gasteiger charge is 2.42. The standard InChI is InChI=1S/C25H25N3O3/c29-22(17-10-4-3-5-11-17)27-28-23(30)20-21(26-24(28)31)19-13-7-6-12-18(19)16-25(20)14-8-1-2-9-15-25/h3-7,10-13H,1-2,8-9,14-16H2,(H,26,31)(H,27,29). The predicted molar refractivity (Wildman–Crippen MR) is 120 cm³/mol. The third-order valence-corrected chi connectivity index (χ3v) is 6.76. The number of carbonyl (C=O) groups excluding carboxylic acids is 1. The van der Waals surface area contributed by atoms with Gasteiger partial charge in [0.15, 0.2) is 0 Å². The lowest BCUT2D eigenvalue weighted by Gasteiger charge is -2.38. The zero-order chi connectivity index (χ0) is 21.4. The number of hydrogen-bond donors (Lipinski definition) is 2. The van der Waals surface area contributed by atoms with Crippen LogP contribution in [0.3, 0.4) is 0 Å². The van der Waals surface area contributed by atoms with E-state index in [0.29, 0.717) is 16.8 Å². The van der Waals surface area contributed by atoms with Gasteiger partial charge in [0, 0.05) is 16.5 Å². The molecule has 0 atom stereocenters. The van der Waals surface area contributed by atoms with Crippen molar-refractivity contribution in [2.45, 2.75) is 50.4 Å². The van der Waals surface area contributed by atoms with Crippen molar-refractivity contribution in [3.05, 3.63) is 92.1 Å². The lowest BCUT2D eigenvalue weighted by molar-refractivity contribution is 0.101. The Morgan fingerprint density at radius 3 is 2.32 bits per heavy atom. The summed E-state index contributed by atoms with van der Waals surface area (Å²) in [6.07, 6.45) is 7.00. The van der Waals surface area contributed by atoms with Crippen LogP contribution < -0.4 is 16.7 Å². The number of benzene rings is 2. The van der Waals surface area contributed by atoms with E-state index in [1.807, 2.05) is 24.3 Å². The maximum Gasteiger partial charge on any atom is 0.348 e. The van der Waals surface area contributed by atoms with Crippen molar-refractivity contribution < 1.29 is 4.79 Å². The molecule has 0 unspecified atom stereocenters. The number of aromatic nitrogens is 2. The largest absolute Gasteiger partial charge is 0.348 e. The Bertz CT molecular complexity index is 1250. The highest BCUT2D eigenvalue weighted by Crippen LogP contribution is 2.47. The van der Waals surface area contributed by atoms with Gasteiger partial charge in [0.2, 0.25) is 0 Å². The number of amides is 1. The van der Waals surface area contributed by atoms with Crippen LogP contribution in [0.1, 0.15) is 60.0 Å². The maximum atomic E-state index is 13.7. The molecule has 6 nitrogen and oxygen atoms in total. The van der Waals surface area contributed by atoms with Crippen LogP contribution in [0, 0.1) is 0 Å². The van der Waals surface area contributed by atoms with Crippen molar-refractivity contribution in [1.29, 1.82) is 0 Å². The van der Waals surface area contributed by atoms with Crippen LogP contribution in [0.4, 0.5) is 0 Å². The first-order chi connectivity index (χ1) is 15.1. The molecule has 1 amide bonds. The average Bonchev–Trinajstić information content (AvgIpc) is 3.02. The number of rotatable bonds is 2. The Hall–Kier alpha value is -3.41. The van der Waals surface area contributed by atoms with Crippen molar-refractivity contribution in [2.75, 3.05) is 5.43 Å². The van der Waals surface area contributed by atoms with Gasteiger partial charge >= 0.3 is 5.69 Å². The van der Waals surface area contributed by atoms with Crippen molar-refractivity contribution in [1.82, 2.24) is 9.66 Å². The van der Waals surface area contributed by atoms with Crippen LogP contribution in [0.25, 0.3) is 11.3 Å². The van der Waals surface area contributed by atoms with Crippen LogP contribution in [-0.2, 0) is 11.8 Å². The first kappa shape index (κ1) is 19.5. The summed E-state index contributed by atoms with van der Waals surface area (Å²) in [6.45, 7) is 0. The van der Waals surface area contributed by atoms with Crippen LogP contribution in [-0.4, -0.2) is 15.6 Å². The molecule has 31 heavy (non-hydrogen) atoms. The fourth-order valence-electron chi connectivity index (χ4n) is 5.29. The van der Waals surface area contributed by atoms with Gasteiger partial charge in [0.25, 0.3) is 11.5 Å². The summed E-state index contributed by atoms with van der Waals surface area (Å²) in [5.41, 5.74) is 4.88. The molecule has 1 saturated carbocycles. The minimum absolute atomic E-state index is 0.319. The van der Waals surface area contributed by atoms with E-state index in [4.69, 9.17) is 0 Å². The molecule has 0 bridgehead atoms. The van der Waals surface area contributed by atoms with Crippen LogP contribution in [0.2, 0.25) is 0 Å². The van der Waals surface area contributed by atoms with Gasteiger partial charge in [-0.15, -0.1) is 0 Å². The number of nitrogens with zero attached hydrogens (tertiary/aromatic N) is 1. The minimum Gasteiger partial charge on any atom is -0.305 e. The van der Waals surface area contributed by atoms with E-state index in [1.54, 1.807) is 24.3 Å². The molecule has 2 aliphatic rings. The topological polar surface area (TPSA) is 84.0 Å². The lowest BCUT2D eigenvalue weighted by Crippen LogP contribution is -2.50. The molecule has 1 spiro atoms. The molecule has 1 heterocycles. The number of aromatic amines is 1. The summed E-state index contributed by atoms with van der Waals surface area (Å²) in [5, 5.41) is 0. The average molecular weight is 415 g/mol. The molecule has 158 valence electrons. The van der Waals surface area contributed by atoms with Gasteiger partial charge in [-0.3, -0.25) is 15.0 Å². The zero-order valence-electron chi connectivity index (χ0n) is 17.3. The Morgan fingerprint density at radius 2 is 1.58 bits per heavy atom. The first-order valence-corrected chi connectivity index (χ1v) is 10.9. The smallest absolute Gasteiger partial charge is 0.305 e. The van der Waals surface area contributed by atoms with Gasteiger partial charge in [-0.2, -0.15) is 4.68 Å². The molecule has 6 heteroatoms. The number of nitrogens with one attached hydrogen (secondary N) is 2. The molecule has 3 aromatic rings. The van der Waals surface area contributed by atoms with E-state index < -0.39 is 17.2 Å². The summed E-state index contributed by atoms with van der Waals surface area (Å²) < 4.78 is 0.856. The second-order valence-corrected chi connectivity index (χ2v) is 8.66. The van der Waals surface area contributed by atoms with Gasteiger partial charge in [-0.1, -0.05) is 68.1 Å². The fraction of sp³-hybridized carbons (Fsp3) is 0.320. The van der Waals surface area contributed by atoms with Gasteiger partial charge < -0.3 is 4.98 Å². The van der Waals surface area contributed by atoms with Gasteiger partial charge in [0.05, 0.1) is 11.3 Å². The van der Waals surface area contributed by atoms with E-state index in [0.717, 1.165) is 60.7 Å². The van der Waals surface area contributed by atoms with Gasteiger partial charge in [-0.25, -0.2) is 4.79 Å². The Morgan fingerprint density at radius 1 is 0.903 bits per heavy atom. The molecule has 5 rings (SSSR count). The molecule has 2 aromatic carbocycles. The minimum atomic E-state index is -0.631. The number of hydrogen-bond acceptors (Lipinski definition) is 3. The maximum absolute atomic E-state index is 13.7. The summed E-state index contributed by atoms with van der Waals surface area (Å²) in [7, 11) is 0. The van der Waals surface area contributed by atoms with Gasteiger partial charge in [0.1, 0.15) is 0 Å². The summed E-state index contributed by atoms with van der Waals surface area (Å²) in [6, 6.07) is 16.6. The molecule has 0 radical (unpaired) electrons. The number of H-pyrrole nitrogens is 1. The second-order valence-electron chi connectivity index (χ2n) is 8.66. The molecule has 0 aliphatic heterocycles. The SMILES string of the molecule is O=C(Nn1c(=O)[nH]c2c(c1=O)C1(CCCCCC1)Cc1ccccc1-2)c1ccccc1. The highest BCUT2D eigenvalue weighted by molar-refractivity contribution is 5.99. The molecule has 2 N–H and O–H groups in total. The van der Waals surface area contributed by atoms with E-state index in [1.165, 1.54) is 0 Å². The summed E-state index contributed by atoms with van der Waals surface area (Å²) in [4.78, 5) is 42.3. The Balaban J connectivity index is 1.69. The van der Waals surface area contributed by atoms with Crippen LogP contribution >= 0.6 is 0 Å². The summed E-state index contributed by atoms with van der Waals surface area (Å²) in [5.74, 6) is -0.487. The van der Waals surface area contributed by atoms with E-state index >= 15 is 0 Å². The first-order valence-electron chi connectivity index (χ1n) is 10.9. The highest BCUT2D eigenvalue weighted by atomic mass is 16.2. The van der Waals surface area contributed by atoms with Crippen molar-refractivity contribution >= 4 is 5.91 Å². The van der Waals surface area contributed by atoms with Crippen molar-refractivity contribution in [3.8, 4) is 11.3 Å². The third kappa shape index (κ3) is 3.32. The predicted octanol–water partition coefficient (Wildman–Crippen LogP) is 3.74. The Labute approximate surface area is 179 Å². The summed E-state index contributed by atoms with van der Waals surface area (Å²) >= 11 is 0. The number of fused-ring (bicyclic) bond motifs is 4. The van der Waals surface area contributed by atoms with E-state index in [2.05, 4.69) is 16.5 Å². The van der Waals surface area contributed by atoms with Crippen LogP contribution in [0.5, 0.6) is 0 Å². The van der Waals surface area contributed by atoms with Crippen molar-refractivity contribution in [3.63, 3.8) is 0 Å². The Kier molecular flexibility index (Phi) is 4.85. The molecular weight excluding hydrogens is 390 g/mol. The normalized spacial score (nSPS) is 16.8. The molecular formula is C25H25N3O3. The monoisotopic (exact) mass is 415 g/mol. The molecule has 1 fully saturated rings. The van der Waals surface area contributed by atoms with Crippen LogP contribution in [0.15, 0.2) is 64.2 Å². The second kappa shape index (κ2) is 7.69. The van der Waals surface area contributed by atoms with Gasteiger partial charge in [-0.05, 0) is 37.0 Å². The third-order valence-electron chi connectivity index (χ3n) is 6.76. The van der Waals surface area contributed by atoms with E-state index in [9.17, 15) is 14.4 Å². The molecule has 1 aromatic heterocycles. The molecule has 2 aliphatic carbocycles. The molecule has 0 saturated heterocycles. The lowest BCUT2D eigenvalue weighted by atomic mass is 9.65. The fourth-order valence-corrected chi connectivity index (χ4v) is 5.29. The van der Waals surface area contributed by atoms with Crippen molar-refractivity contribution in [2.24, 2.45) is 0 Å².